The Balaban J connectivity index is 2.07. The lowest BCUT2D eigenvalue weighted by Gasteiger charge is -2.12. The molecule has 0 saturated carbocycles. The quantitative estimate of drug-likeness (QED) is 0.853. The molecule has 0 aromatic heterocycles. The van der Waals surface area contributed by atoms with Crippen LogP contribution < -0.4 is 5.32 Å². The molecule has 1 aliphatic rings. The summed E-state index contributed by atoms with van der Waals surface area (Å²) in [5.41, 5.74) is 3.27. The highest BCUT2D eigenvalue weighted by molar-refractivity contribution is 7.99. The minimum atomic E-state index is 0.179. The van der Waals surface area contributed by atoms with Gasteiger partial charge < -0.3 is 5.32 Å². The summed E-state index contributed by atoms with van der Waals surface area (Å²) in [6, 6.07) is 6.15. The highest BCUT2D eigenvalue weighted by Gasteiger charge is 2.23. The van der Waals surface area contributed by atoms with Crippen LogP contribution in [0.3, 0.4) is 0 Å². The maximum atomic E-state index is 12.0. The van der Waals surface area contributed by atoms with Crippen LogP contribution >= 0.6 is 11.8 Å². The minimum Gasteiger partial charge on any atom is -0.326 e. The Morgan fingerprint density at radius 1 is 1.44 bits per heavy atom. The predicted octanol–water partition coefficient (Wildman–Crippen LogP) is 3.00. The third-order valence-electron chi connectivity index (χ3n) is 2.95. The number of anilines is 1. The van der Waals surface area contributed by atoms with E-state index >= 15 is 0 Å². The van der Waals surface area contributed by atoms with Crippen molar-refractivity contribution < 1.29 is 4.79 Å². The summed E-state index contributed by atoms with van der Waals surface area (Å²) in [6.07, 6.45) is 1.02. The van der Waals surface area contributed by atoms with Crippen LogP contribution in [-0.4, -0.2) is 17.4 Å². The van der Waals surface area contributed by atoms with Crippen molar-refractivity contribution in [2.75, 3.05) is 16.8 Å². The second-order valence-corrected chi connectivity index (χ2v) is 5.52. The summed E-state index contributed by atoms with van der Waals surface area (Å²) in [6.45, 7) is 4.07. The molecule has 3 heteroatoms. The highest BCUT2D eigenvalue weighted by Crippen LogP contribution is 2.25. The normalized spacial score (nSPS) is 19.8. The molecule has 1 N–H and O–H groups in total. The molecule has 1 aliphatic heterocycles. The number of aryl methyl sites for hydroxylation is 2. The van der Waals surface area contributed by atoms with Gasteiger partial charge in [-0.05, 0) is 43.2 Å². The molecule has 1 aromatic carbocycles. The van der Waals surface area contributed by atoms with Crippen molar-refractivity contribution in [3.05, 3.63) is 29.3 Å². The fourth-order valence-corrected chi connectivity index (χ4v) is 3.07. The zero-order chi connectivity index (χ0) is 11.5. The van der Waals surface area contributed by atoms with E-state index in [1.807, 2.05) is 37.7 Å². The van der Waals surface area contributed by atoms with Crippen LogP contribution in [0.25, 0.3) is 0 Å². The summed E-state index contributed by atoms with van der Waals surface area (Å²) in [7, 11) is 0. The Bertz CT molecular complexity index is 397. The van der Waals surface area contributed by atoms with Crippen LogP contribution in [0.15, 0.2) is 18.2 Å². The molecule has 16 heavy (non-hydrogen) atoms. The van der Waals surface area contributed by atoms with Gasteiger partial charge in [0.25, 0.3) is 0 Å². The van der Waals surface area contributed by atoms with Crippen molar-refractivity contribution in [3.63, 3.8) is 0 Å². The van der Waals surface area contributed by atoms with Crippen LogP contribution in [-0.2, 0) is 4.79 Å². The molecule has 0 spiro atoms. The molecule has 2 nitrogen and oxygen atoms in total. The van der Waals surface area contributed by atoms with Crippen molar-refractivity contribution in [3.8, 4) is 0 Å². The molecular weight excluding hydrogens is 218 g/mol. The lowest BCUT2D eigenvalue weighted by molar-refractivity contribution is -0.119. The van der Waals surface area contributed by atoms with Gasteiger partial charge in [0.05, 0.1) is 0 Å². The average molecular weight is 235 g/mol. The Morgan fingerprint density at radius 3 is 2.94 bits per heavy atom. The third-order valence-corrected chi connectivity index (χ3v) is 4.11. The van der Waals surface area contributed by atoms with Gasteiger partial charge in [-0.3, -0.25) is 4.79 Å². The Morgan fingerprint density at radius 2 is 2.25 bits per heavy atom. The number of benzene rings is 1. The highest BCUT2D eigenvalue weighted by atomic mass is 32.2. The van der Waals surface area contributed by atoms with Crippen LogP contribution in [0.5, 0.6) is 0 Å². The molecule has 1 unspecified atom stereocenters. The first-order chi connectivity index (χ1) is 7.66. The predicted molar refractivity (Wildman–Crippen MR) is 70.0 cm³/mol. The molecular formula is C13H17NOS. The molecule has 86 valence electrons. The maximum Gasteiger partial charge on any atom is 0.228 e. The van der Waals surface area contributed by atoms with Gasteiger partial charge in [0, 0.05) is 17.4 Å². The molecule has 1 amide bonds. The van der Waals surface area contributed by atoms with Gasteiger partial charge in [0.2, 0.25) is 5.91 Å². The molecule has 1 heterocycles. The minimum absolute atomic E-state index is 0.179. The van der Waals surface area contributed by atoms with Gasteiger partial charge in [-0.1, -0.05) is 12.1 Å². The van der Waals surface area contributed by atoms with Crippen LogP contribution in [0.2, 0.25) is 0 Å². The Labute approximate surface area is 101 Å². The zero-order valence-electron chi connectivity index (χ0n) is 9.75. The van der Waals surface area contributed by atoms with Gasteiger partial charge in [-0.15, -0.1) is 0 Å². The lowest BCUT2D eigenvalue weighted by Crippen LogP contribution is -2.22. The van der Waals surface area contributed by atoms with Gasteiger partial charge in [-0.25, -0.2) is 0 Å². The summed E-state index contributed by atoms with van der Waals surface area (Å²) in [4.78, 5) is 12.0. The topological polar surface area (TPSA) is 29.1 Å². The number of amides is 1. The standard InChI is InChI=1S/C13H17NOS/c1-9-3-4-10(2)12(7-9)14-13(15)11-5-6-16-8-11/h3-4,7,11H,5-6,8H2,1-2H3,(H,14,15). The Hall–Kier alpha value is -0.960. The van der Waals surface area contributed by atoms with E-state index in [0.29, 0.717) is 0 Å². The van der Waals surface area contributed by atoms with Gasteiger partial charge in [0.1, 0.15) is 0 Å². The third kappa shape index (κ3) is 2.59. The molecule has 1 aromatic rings. The Kier molecular flexibility index (Phi) is 3.54. The second kappa shape index (κ2) is 4.91. The first-order valence-electron chi connectivity index (χ1n) is 5.62. The number of hydrogen-bond acceptors (Lipinski definition) is 2. The van der Waals surface area contributed by atoms with Crippen LogP contribution in [0, 0.1) is 19.8 Å². The van der Waals surface area contributed by atoms with Gasteiger partial charge >= 0.3 is 0 Å². The van der Waals surface area contributed by atoms with Crippen molar-refractivity contribution in [1.82, 2.24) is 0 Å². The summed E-state index contributed by atoms with van der Waals surface area (Å²) < 4.78 is 0. The number of carbonyl (C=O) groups is 1. The van der Waals surface area contributed by atoms with E-state index in [-0.39, 0.29) is 11.8 Å². The van der Waals surface area contributed by atoms with E-state index in [1.165, 1.54) is 5.56 Å². The number of carbonyl (C=O) groups excluding carboxylic acids is 1. The maximum absolute atomic E-state index is 12.0. The molecule has 0 aliphatic carbocycles. The molecule has 1 saturated heterocycles. The van der Waals surface area contributed by atoms with Gasteiger partial charge in [-0.2, -0.15) is 11.8 Å². The monoisotopic (exact) mass is 235 g/mol. The van der Waals surface area contributed by atoms with E-state index in [2.05, 4.69) is 11.4 Å². The number of thioether (sulfide) groups is 1. The molecule has 1 atom stereocenters. The van der Waals surface area contributed by atoms with Crippen molar-refractivity contribution in [2.45, 2.75) is 20.3 Å². The van der Waals surface area contributed by atoms with Crippen molar-refractivity contribution in [2.24, 2.45) is 5.92 Å². The molecule has 0 radical (unpaired) electrons. The second-order valence-electron chi connectivity index (χ2n) is 4.37. The fraction of sp³-hybridized carbons (Fsp3) is 0.462. The average Bonchev–Trinajstić information content (AvgIpc) is 2.76. The first kappa shape index (κ1) is 11.5. The smallest absolute Gasteiger partial charge is 0.228 e. The first-order valence-corrected chi connectivity index (χ1v) is 6.78. The van der Waals surface area contributed by atoms with E-state index in [0.717, 1.165) is 29.2 Å². The molecule has 0 bridgehead atoms. The number of rotatable bonds is 2. The fourth-order valence-electron chi connectivity index (χ4n) is 1.85. The summed E-state index contributed by atoms with van der Waals surface area (Å²) in [5.74, 6) is 2.46. The zero-order valence-corrected chi connectivity index (χ0v) is 10.6. The largest absolute Gasteiger partial charge is 0.326 e. The van der Waals surface area contributed by atoms with Crippen LogP contribution in [0.4, 0.5) is 5.69 Å². The van der Waals surface area contributed by atoms with Crippen molar-refractivity contribution >= 4 is 23.4 Å². The molecule has 2 rings (SSSR count). The van der Waals surface area contributed by atoms with E-state index in [4.69, 9.17) is 0 Å². The van der Waals surface area contributed by atoms with E-state index in [9.17, 15) is 4.79 Å². The SMILES string of the molecule is Cc1ccc(C)c(NC(=O)C2CCSC2)c1. The summed E-state index contributed by atoms with van der Waals surface area (Å²) >= 11 is 1.87. The number of hydrogen-bond donors (Lipinski definition) is 1. The van der Waals surface area contributed by atoms with Gasteiger partial charge in [0.15, 0.2) is 0 Å². The summed E-state index contributed by atoms with van der Waals surface area (Å²) in [5, 5.41) is 3.04. The van der Waals surface area contributed by atoms with Crippen LogP contribution in [0.1, 0.15) is 17.5 Å². The van der Waals surface area contributed by atoms with Crippen molar-refractivity contribution in [1.29, 1.82) is 0 Å². The van der Waals surface area contributed by atoms with E-state index < -0.39 is 0 Å². The molecule has 1 fully saturated rings. The number of nitrogens with one attached hydrogen (secondary N) is 1. The lowest BCUT2D eigenvalue weighted by atomic mass is 10.1. The van der Waals surface area contributed by atoms with E-state index in [1.54, 1.807) is 0 Å².